The molecule has 1 aromatic carbocycles. The lowest BCUT2D eigenvalue weighted by atomic mass is 10.2. The molecule has 10 nitrogen and oxygen atoms in total. The molecule has 0 radical (unpaired) electrons. The van der Waals surface area contributed by atoms with E-state index < -0.39 is 41.6 Å². The first kappa shape index (κ1) is 18.3. The van der Waals surface area contributed by atoms with Gasteiger partial charge in [-0.15, -0.1) is 0 Å². The molecule has 0 aliphatic carbocycles. The third kappa shape index (κ3) is 4.64. The molecular weight excluding hydrogens is 340 g/mol. The lowest BCUT2D eigenvalue weighted by Gasteiger charge is -2.14. The summed E-state index contributed by atoms with van der Waals surface area (Å²) in [6.45, 7) is 0.852. The zero-order chi connectivity index (χ0) is 17.1. The molecule has 1 amide bonds. The molecule has 0 saturated carbocycles. The second-order valence-corrected chi connectivity index (χ2v) is 6.87. The van der Waals surface area contributed by atoms with Gasteiger partial charge in [0.2, 0.25) is 5.91 Å². The van der Waals surface area contributed by atoms with Crippen LogP contribution in [-0.4, -0.2) is 45.7 Å². The Morgan fingerprint density at radius 3 is 1.95 bits per heavy atom. The fourth-order valence-corrected chi connectivity index (χ4v) is 2.89. The average Bonchev–Trinajstić information content (AvgIpc) is 2.33. The van der Waals surface area contributed by atoms with Crippen LogP contribution in [0.25, 0.3) is 0 Å². The Hall–Kier alpha value is -1.73. The molecule has 0 aliphatic rings. The highest BCUT2D eigenvalue weighted by atomic mass is 32.2. The summed E-state index contributed by atoms with van der Waals surface area (Å²) in [7, 11) is -8.20. The predicted octanol–water partition coefficient (Wildman–Crippen LogP) is 0.154. The third-order valence-corrected chi connectivity index (χ3v) is 4.14. The number of carbonyl (C=O) groups excluding carboxylic acids is 1. The fraction of sp³-hybridized carbons (Fsp3) is 0.300. The van der Waals surface area contributed by atoms with Crippen LogP contribution in [0.15, 0.2) is 21.9 Å². The summed E-state index contributed by atoms with van der Waals surface area (Å²) in [6, 6.07) is 1.46. The summed E-state index contributed by atoms with van der Waals surface area (Å²) >= 11 is 0. The van der Waals surface area contributed by atoms with Crippen LogP contribution in [0.4, 0.5) is 11.4 Å². The predicted molar refractivity (Wildman–Crippen MR) is 75.9 cm³/mol. The maximum Gasteiger partial charge on any atom is 0.296 e. The molecular formula is C10H14N2O8S2. The number of anilines is 2. The summed E-state index contributed by atoms with van der Waals surface area (Å²) in [4.78, 5) is 9.64. The van der Waals surface area contributed by atoms with Crippen LogP contribution in [0.2, 0.25) is 0 Å². The summed E-state index contributed by atoms with van der Waals surface area (Å²) in [5.74, 6) is -0.705. The van der Waals surface area contributed by atoms with Crippen molar-refractivity contribution in [3.05, 3.63) is 12.1 Å². The van der Waals surface area contributed by atoms with Crippen molar-refractivity contribution < 1.29 is 35.5 Å². The highest BCUT2D eigenvalue weighted by molar-refractivity contribution is 7.86. The molecule has 12 heteroatoms. The van der Waals surface area contributed by atoms with Crippen LogP contribution in [0.5, 0.6) is 0 Å². The molecule has 0 saturated heterocycles. The molecule has 0 spiro atoms. The monoisotopic (exact) mass is 354 g/mol. The zero-order valence-corrected chi connectivity index (χ0v) is 13.2. The fourth-order valence-electron chi connectivity index (χ4n) is 1.56. The molecule has 0 heterocycles. The van der Waals surface area contributed by atoms with E-state index in [2.05, 4.69) is 15.4 Å². The molecule has 1 rings (SSSR count). The van der Waals surface area contributed by atoms with Gasteiger partial charge in [-0.25, -0.2) is 0 Å². The SMILES string of the molecule is COCNc1cc(S(=O)(=O)O)c(NC(C)=O)cc1S(=O)(=O)O. The third-order valence-electron chi connectivity index (χ3n) is 2.36. The van der Waals surface area contributed by atoms with E-state index in [4.69, 9.17) is 0 Å². The lowest BCUT2D eigenvalue weighted by Crippen LogP contribution is -2.15. The number of benzene rings is 1. The van der Waals surface area contributed by atoms with E-state index in [-0.39, 0.29) is 12.4 Å². The van der Waals surface area contributed by atoms with E-state index >= 15 is 0 Å². The molecule has 0 fully saturated rings. The van der Waals surface area contributed by atoms with Gasteiger partial charge in [0, 0.05) is 14.0 Å². The summed E-state index contributed by atoms with van der Waals surface area (Å²) in [5, 5.41) is 4.48. The Balaban J connectivity index is 3.67. The van der Waals surface area contributed by atoms with Gasteiger partial charge in [0.1, 0.15) is 16.5 Å². The molecule has 0 atom stereocenters. The second-order valence-electron chi connectivity index (χ2n) is 4.09. The van der Waals surface area contributed by atoms with Gasteiger partial charge >= 0.3 is 0 Å². The standard InChI is InChI=1S/C10H14N2O8S2/c1-6(13)12-8-4-9(21(14,15)16)7(11-5-20-2)3-10(8)22(17,18)19/h3-4,11H,5H2,1-2H3,(H,12,13)(H,14,15,16)(H,17,18,19). The number of hydrogen-bond donors (Lipinski definition) is 4. The zero-order valence-electron chi connectivity index (χ0n) is 11.5. The minimum absolute atomic E-state index is 0.201. The molecule has 22 heavy (non-hydrogen) atoms. The number of methoxy groups -OCH3 is 1. The number of hydrogen-bond acceptors (Lipinski definition) is 7. The first-order valence-electron chi connectivity index (χ1n) is 5.60. The molecule has 4 N–H and O–H groups in total. The molecule has 0 bridgehead atoms. The summed E-state index contributed by atoms with van der Waals surface area (Å²) in [6.07, 6.45) is 0. The Labute approximate surface area is 127 Å². The van der Waals surface area contributed by atoms with Crippen molar-refractivity contribution >= 4 is 37.5 Å². The lowest BCUT2D eigenvalue weighted by molar-refractivity contribution is -0.114. The first-order chi connectivity index (χ1) is 9.96. The Kier molecular flexibility index (Phi) is 5.48. The van der Waals surface area contributed by atoms with Crippen molar-refractivity contribution in [1.82, 2.24) is 0 Å². The first-order valence-corrected chi connectivity index (χ1v) is 8.48. The maximum absolute atomic E-state index is 11.4. The minimum Gasteiger partial charge on any atom is -0.365 e. The summed E-state index contributed by atoms with van der Waals surface area (Å²) < 4.78 is 68.5. The van der Waals surface area contributed by atoms with Gasteiger partial charge in [-0.05, 0) is 12.1 Å². The van der Waals surface area contributed by atoms with Crippen LogP contribution in [0.1, 0.15) is 6.92 Å². The summed E-state index contributed by atoms with van der Waals surface area (Å²) in [5.41, 5.74) is -0.823. The molecule has 0 aromatic heterocycles. The number of nitrogens with one attached hydrogen (secondary N) is 2. The van der Waals surface area contributed by atoms with E-state index in [1.807, 2.05) is 0 Å². The maximum atomic E-state index is 11.4. The number of carbonyl (C=O) groups is 1. The van der Waals surface area contributed by atoms with Gasteiger partial charge in [-0.3, -0.25) is 13.9 Å². The number of rotatable bonds is 6. The van der Waals surface area contributed by atoms with Crippen LogP contribution in [0, 0.1) is 0 Å². The van der Waals surface area contributed by atoms with Crippen molar-refractivity contribution in [3.8, 4) is 0 Å². The van der Waals surface area contributed by atoms with Crippen molar-refractivity contribution in [2.24, 2.45) is 0 Å². The normalized spacial score (nSPS) is 12.0. The Morgan fingerprint density at radius 2 is 1.55 bits per heavy atom. The van der Waals surface area contributed by atoms with E-state index in [0.29, 0.717) is 6.07 Å². The largest absolute Gasteiger partial charge is 0.365 e. The van der Waals surface area contributed by atoms with E-state index in [0.717, 1.165) is 13.0 Å². The quantitative estimate of drug-likeness (QED) is 0.412. The van der Waals surface area contributed by atoms with Gasteiger partial charge < -0.3 is 15.4 Å². The van der Waals surface area contributed by atoms with Gasteiger partial charge in [0.15, 0.2) is 0 Å². The molecule has 0 aliphatic heterocycles. The van der Waals surface area contributed by atoms with Crippen molar-refractivity contribution in [2.75, 3.05) is 24.5 Å². The second kappa shape index (κ2) is 6.58. The van der Waals surface area contributed by atoms with Crippen LogP contribution >= 0.6 is 0 Å². The van der Waals surface area contributed by atoms with Gasteiger partial charge in [-0.1, -0.05) is 0 Å². The van der Waals surface area contributed by atoms with Crippen LogP contribution in [0.3, 0.4) is 0 Å². The van der Waals surface area contributed by atoms with Crippen molar-refractivity contribution in [3.63, 3.8) is 0 Å². The van der Waals surface area contributed by atoms with Gasteiger partial charge in [0.05, 0.1) is 11.4 Å². The topological polar surface area (TPSA) is 159 Å². The average molecular weight is 354 g/mol. The van der Waals surface area contributed by atoms with Gasteiger partial charge in [0.25, 0.3) is 20.2 Å². The van der Waals surface area contributed by atoms with E-state index in [1.54, 1.807) is 0 Å². The molecule has 1 aromatic rings. The van der Waals surface area contributed by atoms with Crippen LogP contribution in [-0.2, 0) is 29.8 Å². The van der Waals surface area contributed by atoms with Crippen molar-refractivity contribution in [2.45, 2.75) is 16.7 Å². The number of ether oxygens (including phenoxy) is 1. The van der Waals surface area contributed by atoms with Gasteiger partial charge in [-0.2, -0.15) is 16.8 Å². The Bertz CT molecular complexity index is 785. The van der Waals surface area contributed by atoms with E-state index in [9.17, 15) is 30.7 Å². The smallest absolute Gasteiger partial charge is 0.296 e. The van der Waals surface area contributed by atoms with Crippen LogP contribution < -0.4 is 10.6 Å². The molecule has 124 valence electrons. The number of amides is 1. The van der Waals surface area contributed by atoms with E-state index in [1.165, 1.54) is 7.11 Å². The highest BCUT2D eigenvalue weighted by Crippen LogP contribution is 2.31. The van der Waals surface area contributed by atoms with Crippen molar-refractivity contribution in [1.29, 1.82) is 0 Å². The minimum atomic E-state index is -4.76. The Morgan fingerprint density at radius 1 is 1.09 bits per heavy atom. The molecule has 0 unspecified atom stereocenters. The highest BCUT2D eigenvalue weighted by Gasteiger charge is 2.24.